The first-order chi connectivity index (χ1) is 7.56. The molecule has 0 saturated carbocycles. The third kappa shape index (κ3) is 2.93. The fourth-order valence-corrected chi connectivity index (χ4v) is 1.21. The molecule has 0 amide bonds. The molecule has 88 valence electrons. The number of carboxylic acids is 1. The molecule has 1 aromatic rings. The zero-order valence-electron chi connectivity index (χ0n) is 9.34. The van der Waals surface area contributed by atoms with Gasteiger partial charge in [0.25, 0.3) is 0 Å². The van der Waals surface area contributed by atoms with Crippen molar-refractivity contribution in [1.29, 1.82) is 0 Å². The molecule has 1 aromatic heterocycles. The lowest BCUT2D eigenvalue weighted by Gasteiger charge is -2.20. The highest BCUT2D eigenvalue weighted by atomic mass is 16.4. The summed E-state index contributed by atoms with van der Waals surface area (Å²) in [4.78, 5) is 14.9. The molecule has 16 heavy (non-hydrogen) atoms. The highest BCUT2D eigenvalue weighted by Crippen LogP contribution is 2.15. The fourth-order valence-electron chi connectivity index (χ4n) is 1.21. The van der Waals surface area contributed by atoms with Crippen LogP contribution in [-0.4, -0.2) is 33.8 Å². The molecule has 0 saturated heterocycles. The minimum Gasteiger partial charge on any atom is -0.478 e. The van der Waals surface area contributed by atoms with E-state index in [1.165, 1.54) is 12.3 Å². The van der Waals surface area contributed by atoms with Gasteiger partial charge in [-0.1, -0.05) is 6.92 Å². The number of rotatable bonds is 5. The summed E-state index contributed by atoms with van der Waals surface area (Å²) in [7, 11) is 0. The molecular formula is C11H16N2O3. The fraction of sp³-hybridized carbons (Fsp3) is 0.455. The zero-order chi connectivity index (χ0) is 12.1. The highest BCUT2D eigenvalue weighted by Gasteiger charge is 2.15. The van der Waals surface area contributed by atoms with Gasteiger partial charge >= 0.3 is 5.97 Å². The Hall–Kier alpha value is -1.62. The minimum atomic E-state index is -1.01. The van der Waals surface area contributed by atoms with Crippen LogP contribution in [0.5, 0.6) is 0 Å². The van der Waals surface area contributed by atoms with Crippen molar-refractivity contribution in [3.8, 4) is 0 Å². The molecule has 0 bridgehead atoms. The molecule has 2 atom stereocenters. The van der Waals surface area contributed by atoms with Gasteiger partial charge in [-0.2, -0.15) is 0 Å². The van der Waals surface area contributed by atoms with E-state index in [2.05, 4.69) is 10.3 Å². The van der Waals surface area contributed by atoms with Crippen LogP contribution in [0.1, 0.15) is 24.2 Å². The molecule has 0 aliphatic heterocycles. The van der Waals surface area contributed by atoms with Gasteiger partial charge in [-0.05, 0) is 25.0 Å². The van der Waals surface area contributed by atoms with Crippen LogP contribution in [0.4, 0.5) is 5.82 Å². The summed E-state index contributed by atoms with van der Waals surface area (Å²) in [6.45, 7) is 3.80. The average Bonchev–Trinajstić information content (AvgIpc) is 2.28. The number of aromatic carboxylic acids is 1. The summed E-state index contributed by atoms with van der Waals surface area (Å²) in [5, 5.41) is 20.9. The maximum Gasteiger partial charge on any atom is 0.339 e. The maximum atomic E-state index is 10.9. The Labute approximate surface area is 94.1 Å². The van der Waals surface area contributed by atoms with E-state index in [0.717, 1.165) is 0 Å². The van der Waals surface area contributed by atoms with Gasteiger partial charge < -0.3 is 15.5 Å². The third-order valence-corrected chi connectivity index (χ3v) is 2.54. The predicted octanol–water partition coefficient (Wildman–Crippen LogP) is 1.21. The van der Waals surface area contributed by atoms with Crippen LogP contribution in [0.3, 0.4) is 0 Å². The lowest BCUT2D eigenvalue weighted by Crippen LogP contribution is -2.27. The highest BCUT2D eigenvalue weighted by molar-refractivity contribution is 5.93. The summed E-state index contributed by atoms with van der Waals surface area (Å²) in [6.07, 6.45) is 1.53. The number of carbonyl (C=O) groups is 1. The van der Waals surface area contributed by atoms with Crippen LogP contribution < -0.4 is 5.32 Å². The molecule has 0 aliphatic carbocycles. The standard InChI is InChI=1S/C11H16N2O3/c1-7(6-14)8(2)13-10-9(11(15)16)4-3-5-12-10/h3-5,7-8,14H,6H2,1-2H3,(H,12,13)(H,15,16). The van der Waals surface area contributed by atoms with Crippen molar-refractivity contribution in [2.45, 2.75) is 19.9 Å². The normalized spacial score (nSPS) is 14.2. The Kier molecular flexibility index (Phi) is 4.25. The van der Waals surface area contributed by atoms with Crippen LogP contribution >= 0.6 is 0 Å². The first-order valence-corrected chi connectivity index (χ1v) is 5.12. The molecule has 0 aliphatic rings. The van der Waals surface area contributed by atoms with Crippen molar-refractivity contribution in [2.75, 3.05) is 11.9 Å². The first-order valence-electron chi connectivity index (χ1n) is 5.12. The number of hydrogen-bond acceptors (Lipinski definition) is 4. The SMILES string of the molecule is CC(CO)C(C)Nc1ncccc1C(=O)O. The summed E-state index contributed by atoms with van der Waals surface area (Å²) < 4.78 is 0. The van der Waals surface area contributed by atoms with E-state index < -0.39 is 5.97 Å². The number of pyridine rings is 1. The van der Waals surface area contributed by atoms with Crippen LogP contribution in [-0.2, 0) is 0 Å². The first kappa shape index (κ1) is 12.4. The molecule has 5 nitrogen and oxygen atoms in total. The molecule has 0 fully saturated rings. The van der Waals surface area contributed by atoms with Gasteiger partial charge in [0.2, 0.25) is 0 Å². The van der Waals surface area contributed by atoms with Crippen molar-refractivity contribution < 1.29 is 15.0 Å². The number of aromatic nitrogens is 1. The van der Waals surface area contributed by atoms with Gasteiger partial charge in [-0.15, -0.1) is 0 Å². The molecule has 0 spiro atoms. The van der Waals surface area contributed by atoms with Gasteiger partial charge in [0.05, 0.1) is 0 Å². The number of aliphatic hydroxyl groups is 1. The van der Waals surface area contributed by atoms with Crippen LogP contribution in [0, 0.1) is 5.92 Å². The number of anilines is 1. The largest absolute Gasteiger partial charge is 0.478 e. The summed E-state index contributed by atoms with van der Waals surface area (Å²) in [5.41, 5.74) is 0.138. The van der Waals surface area contributed by atoms with E-state index in [1.54, 1.807) is 6.07 Å². The Balaban J connectivity index is 2.84. The Morgan fingerprint density at radius 2 is 2.25 bits per heavy atom. The van der Waals surface area contributed by atoms with E-state index in [1.807, 2.05) is 13.8 Å². The second-order valence-electron chi connectivity index (χ2n) is 3.80. The van der Waals surface area contributed by atoms with Gasteiger partial charge in [0.1, 0.15) is 11.4 Å². The average molecular weight is 224 g/mol. The van der Waals surface area contributed by atoms with Crippen molar-refractivity contribution in [2.24, 2.45) is 5.92 Å². The quantitative estimate of drug-likeness (QED) is 0.700. The number of aliphatic hydroxyl groups excluding tert-OH is 1. The number of nitrogens with one attached hydrogen (secondary N) is 1. The minimum absolute atomic E-state index is 0.0312. The van der Waals surface area contributed by atoms with Crippen LogP contribution in [0.2, 0.25) is 0 Å². The van der Waals surface area contributed by atoms with Gasteiger partial charge in [-0.25, -0.2) is 9.78 Å². The van der Waals surface area contributed by atoms with E-state index in [-0.39, 0.29) is 24.1 Å². The van der Waals surface area contributed by atoms with E-state index in [0.29, 0.717) is 5.82 Å². The van der Waals surface area contributed by atoms with Gasteiger partial charge in [-0.3, -0.25) is 0 Å². The summed E-state index contributed by atoms with van der Waals surface area (Å²) >= 11 is 0. The second-order valence-corrected chi connectivity index (χ2v) is 3.80. The second kappa shape index (κ2) is 5.46. The van der Waals surface area contributed by atoms with Gasteiger partial charge in [0.15, 0.2) is 0 Å². The summed E-state index contributed by atoms with van der Waals surface area (Å²) in [6, 6.07) is 3.03. The topological polar surface area (TPSA) is 82.5 Å². The molecule has 3 N–H and O–H groups in total. The summed E-state index contributed by atoms with van der Waals surface area (Å²) in [5.74, 6) is -0.647. The Morgan fingerprint density at radius 3 is 2.81 bits per heavy atom. The molecule has 0 radical (unpaired) electrons. The zero-order valence-corrected chi connectivity index (χ0v) is 9.34. The Bertz CT molecular complexity index is 368. The monoisotopic (exact) mass is 224 g/mol. The molecule has 0 aromatic carbocycles. The molecular weight excluding hydrogens is 208 g/mol. The third-order valence-electron chi connectivity index (χ3n) is 2.54. The number of hydrogen-bond donors (Lipinski definition) is 3. The van der Waals surface area contributed by atoms with Crippen LogP contribution in [0.25, 0.3) is 0 Å². The molecule has 2 unspecified atom stereocenters. The molecule has 5 heteroatoms. The van der Waals surface area contributed by atoms with Gasteiger partial charge in [0, 0.05) is 18.8 Å². The maximum absolute atomic E-state index is 10.9. The molecule has 1 rings (SSSR count). The lowest BCUT2D eigenvalue weighted by molar-refractivity contribution is 0.0697. The van der Waals surface area contributed by atoms with Crippen molar-refractivity contribution >= 4 is 11.8 Å². The van der Waals surface area contributed by atoms with Crippen LogP contribution in [0.15, 0.2) is 18.3 Å². The van der Waals surface area contributed by atoms with Crippen molar-refractivity contribution in [3.63, 3.8) is 0 Å². The van der Waals surface area contributed by atoms with Crippen molar-refractivity contribution in [1.82, 2.24) is 4.98 Å². The number of nitrogens with zero attached hydrogens (tertiary/aromatic N) is 1. The van der Waals surface area contributed by atoms with Crippen molar-refractivity contribution in [3.05, 3.63) is 23.9 Å². The lowest BCUT2D eigenvalue weighted by atomic mass is 10.1. The smallest absolute Gasteiger partial charge is 0.339 e. The Morgan fingerprint density at radius 1 is 1.56 bits per heavy atom. The number of carboxylic acid groups (broad SMARTS) is 1. The van der Waals surface area contributed by atoms with E-state index in [9.17, 15) is 4.79 Å². The molecule has 1 heterocycles. The van der Waals surface area contributed by atoms with E-state index >= 15 is 0 Å². The van der Waals surface area contributed by atoms with E-state index in [4.69, 9.17) is 10.2 Å². The predicted molar refractivity (Wildman–Crippen MR) is 60.5 cm³/mol.